The number of hydrogen-bond acceptors (Lipinski definition) is 4. The molecule has 1 aliphatic heterocycles. The Morgan fingerprint density at radius 2 is 1.77 bits per heavy atom. The summed E-state index contributed by atoms with van der Waals surface area (Å²) in [6.45, 7) is 6.38. The molecule has 1 saturated heterocycles. The van der Waals surface area contributed by atoms with Crippen molar-refractivity contribution in [1.82, 2.24) is 9.88 Å². The Bertz CT molecular complexity index is 1240. The van der Waals surface area contributed by atoms with Gasteiger partial charge in [-0.25, -0.2) is 9.18 Å². The molecule has 0 spiro atoms. The highest BCUT2D eigenvalue weighted by Gasteiger charge is 2.29. The number of halogens is 1. The number of Topliss-reactive ketones (excluding diaryl/α,β-unsaturated/α-hetero) is 1. The minimum absolute atomic E-state index is 0.250. The van der Waals surface area contributed by atoms with Crippen LogP contribution in [-0.2, 0) is 16.0 Å². The molecule has 0 saturated carbocycles. The maximum absolute atomic E-state index is 13.1. The molecule has 1 aliphatic rings. The Morgan fingerprint density at radius 3 is 2.43 bits per heavy atom. The average molecular weight is 480 g/mol. The molecule has 2 amide bonds. The number of ether oxygens (including phenoxy) is 1. The number of aromatic nitrogens is 1. The lowest BCUT2D eigenvalue weighted by molar-refractivity contribution is -0.127. The number of rotatable bonds is 5. The van der Waals surface area contributed by atoms with Crippen molar-refractivity contribution in [3.05, 3.63) is 65.6 Å². The number of carbonyl (C=O) groups excluding carboxylic acids is 3. The summed E-state index contributed by atoms with van der Waals surface area (Å²) in [5, 5.41) is 3.28. The summed E-state index contributed by atoms with van der Waals surface area (Å²) in [5.74, 6) is -0.924. The molecule has 0 bridgehead atoms. The quantitative estimate of drug-likeness (QED) is 0.383. The Morgan fingerprint density at radius 1 is 1.09 bits per heavy atom. The number of fused-ring (bicyclic) bond motifs is 1. The zero-order valence-corrected chi connectivity index (χ0v) is 20.2. The Kier molecular flexibility index (Phi) is 6.91. The first-order chi connectivity index (χ1) is 16.6. The molecule has 184 valence electrons. The molecule has 0 radical (unpaired) electrons. The lowest BCUT2D eigenvalue weighted by Gasteiger charge is -2.31. The number of H-pyrrole nitrogens is 1. The molecule has 2 aromatic carbocycles. The number of carbonyl (C=O) groups is 3. The van der Waals surface area contributed by atoms with Crippen molar-refractivity contribution in [2.75, 3.05) is 18.4 Å². The lowest BCUT2D eigenvalue weighted by Crippen LogP contribution is -2.42. The minimum Gasteiger partial charge on any atom is -0.444 e. The molecule has 1 fully saturated rings. The maximum atomic E-state index is 13.1. The zero-order chi connectivity index (χ0) is 25.2. The van der Waals surface area contributed by atoms with E-state index in [4.69, 9.17) is 4.74 Å². The van der Waals surface area contributed by atoms with Crippen LogP contribution >= 0.6 is 0 Å². The van der Waals surface area contributed by atoms with Crippen molar-refractivity contribution in [2.24, 2.45) is 5.92 Å². The fraction of sp³-hybridized carbons (Fsp3) is 0.370. The maximum Gasteiger partial charge on any atom is 0.412 e. The van der Waals surface area contributed by atoms with Crippen LogP contribution in [0, 0.1) is 11.7 Å². The van der Waals surface area contributed by atoms with Crippen LogP contribution in [-0.4, -0.2) is 46.4 Å². The number of nitrogens with zero attached hydrogens (tertiary/aromatic N) is 1. The second-order valence-corrected chi connectivity index (χ2v) is 9.98. The fourth-order valence-corrected chi connectivity index (χ4v) is 4.37. The van der Waals surface area contributed by atoms with E-state index in [-0.39, 0.29) is 5.82 Å². The highest BCUT2D eigenvalue weighted by molar-refractivity contribution is 6.44. The van der Waals surface area contributed by atoms with Gasteiger partial charge in [-0.15, -0.1) is 0 Å². The monoisotopic (exact) mass is 479 g/mol. The summed E-state index contributed by atoms with van der Waals surface area (Å²) >= 11 is 0. The van der Waals surface area contributed by atoms with Gasteiger partial charge in [0.05, 0.1) is 5.56 Å². The molecule has 3 aromatic rings. The summed E-state index contributed by atoms with van der Waals surface area (Å²) in [5.41, 5.74) is 1.92. The van der Waals surface area contributed by atoms with Gasteiger partial charge in [0.2, 0.25) is 0 Å². The first-order valence-corrected chi connectivity index (χ1v) is 11.8. The highest BCUT2D eigenvalue weighted by Crippen LogP contribution is 2.26. The van der Waals surface area contributed by atoms with Gasteiger partial charge >= 0.3 is 6.09 Å². The van der Waals surface area contributed by atoms with Gasteiger partial charge in [-0.05, 0) is 75.8 Å². The molecule has 8 heteroatoms. The van der Waals surface area contributed by atoms with Crippen LogP contribution in [0.5, 0.6) is 0 Å². The van der Waals surface area contributed by atoms with Gasteiger partial charge in [-0.2, -0.15) is 0 Å². The van der Waals surface area contributed by atoms with Crippen LogP contribution in [0.4, 0.5) is 14.9 Å². The fourth-order valence-electron chi connectivity index (χ4n) is 4.37. The first kappa shape index (κ1) is 24.4. The topological polar surface area (TPSA) is 91.5 Å². The SMILES string of the molecule is CC(C)(C)OC(=O)Nc1ccc2c(C(=O)C(=O)N3CCC(Cc4ccc(F)cc4)CC3)c[nH]c2c1. The summed E-state index contributed by atoms with van der Waals surface area (Å²) < 4.78 is 18.4. The van der Waals surface area contributed by atoms with Crippen molar-refractivity contribution >= 4 is 34.4 Å². The molecule has 1 aromatic heterocycles. The number of piperidine rings is 1. The first-order valence-electron chi connectivity index (χ1n) is 11.8. The molecule has 4 rings (SSSR count). The number of nitrogens with one attached hydrogen (secondary N) is 2. The van der Waals surface area contributed by atoms with Gasteiger partial charge in [0, 0.05) is 35.9 Å². The van der Waals surface area contributed by atoms with Crippen molar-refractivity contribution in [3.63, 3.8) is 0 Å². The molecule has 2 N–H and O–H groups in total. The second-order valence-electron chi connectivity index (χ2n) is 9.98. The van der Waals surface area contributed by atoms with Gasteiger partial charge in [-0.3, -0.25) is 14.9 Å². The molecular formula is C27H30FN3O4. The van der Waals surface area contributed by atoms with Crippen LogP contribution in [0.3, 0.4) is 0 Å². The van der Waals surface area contributed by atoms with E-state index in [0.29, 0.717) is 41.2 Å². The average Bonchev–Trinajstić information content (AvgIpc) is 3.22. The third-order valence-electron chi connectivity index (χ3n) is 6.11. The van der Waals surface area contributed by atoms with Crippen LogP contribution in [0.2, 0.25) is 0 Å². The smallest absolute Gasteiger partial charge is 0.412 e. The normalized spacial score (nSPS) is 14.7. The Balaban J connectivity index is 1.37. The van der Waals surface area contributed by atoms with Crippen LogP contribution in [0.1, 0.15) is 49.5 Å². The van der Waals surface area contributed by atoms with E-state index in [9.17, 15) is 18.8 Å². The molecule has 0 atom stereocenters. The third-order valence-corrected chi connectivity index (χ3v) is 6.11. The number of likely N-dealkylation sites (tertiary alicyclic amines) is 1. The number of hydrogen-bond donors (Lipinski definition) is 2. The van der Waals surface area contributed by atoms with Crippen molar-refractivity contribution in [3.8, 4) is 0 Å². The standard InChI is InChI=1S/C27H30FN3O4/c1-27(2,3)35-26(34)30-20-8-9-21-22(16-29-23(21)15-20)24(32)25(33)31-12-10-18(11-13-31)14-17-4-6-19(28)7-5-17/h4-9,15-16,18,29H,10-14H2,1-3H3,(H,30,34). The molecule has 35 heavy (non-hydrogen) atoms. The number of benzene rings is 2. The highest BCUT2D eigenvalue weighted by atomic mass is 19.1. The Labute approximate surface area is 203 Å². The van der Waals surface area contributed by atoms with Crippen molar-refractivity contribution in [2.45, 2.75) is 45.6 Å². The van der Waals surface area contributed by atoms with E-state index in [1.165, 1.54) is 18.3 Å². The van der Waals surface area contributed by atoms with E-state index in [1.807, 2.05) is 0 Å². The van der Waals surface area contributed by atoms with Gasteiger partial charge in [0.15, 0.2) is 0 Å². The molecule has 0 unspecified atom stereocenters. The number of ketones is 1. The Hall–Kier alpha value is -3.68. The summed E-state index contributed by atoms with van der Waals surface area (Å²) in [6.07, 6.45) is 3.38. The second kappa shape index (κ2) is 9.90. The van der Waals surface area contributed by atoms with Crippen LogP contribution in [0.25, 0.3) is 10.9 Å². The zero-order valence-electron chi connectivity index (χ0n) is 20.2. The van der Waals surface area contributed by atoms with Crippen molar-refractivity contribution < 1.29 is 23.5 Å². The van der Waals surface area contributed by atoms with E-state index in [2.05, 4.69) is 10.3 Å². The van der Waals surface area contributed by atoms with E-state index in [1.54, 1.807) is 56.0 Å². The van der Waals surface area contributed by atoms with E-state index < -0.39 is 23.4 Å². The van der Waals surface area contributed by atoms with Gasteiger partial charge in [-0.1, -0.05) is 18.2 Å². The van der Waals surface area contributed by atoms with Crippen molar-refractivity contribution in [1.29, 1.82) is 0 Å². The van der Waals surface area contributed by atoms with Crippen LogP contribution in [0.15, 0.2) is 48.7 Å². The van der Waals surface area contributed by atoms with Gasteiger partial charge in [0.1, 0.15) is 11.4 Å². The predicted molar refractivity (Wildman–Crippen MR) is 132 cm³/mol. The molecule has 7 nitrogen and oxygen atoms in total. The summed E-state index contributed by atoms with van der Waals surface area (Å²) in [6, 6.07) is 11.6. The van der Waals surface area contributed by atoms with Crippen LogP contribution < -0.4 is 5.32 Å². The van der Waals surface area contributed by atoms with E-state index in [0.717, 1.165) is 24.8 Å². The predicted octanol–water partition coefficient (Wildman–Crippen LogP) is 5.32. The number of amides is 2. The van der Waals surface area contributed by atoms with Gasteiger partial charge in [0.25, 0.3) is 11.7 Å². The minimum atomic E-state index is -0.615. The third kappa shape index (κ3) is 6.07. The molecule has 0 aliphatic carbocycles. The van der Waals surface area contributed by atoms with E-state index >= 15 is 0 Å². The number of aromatic amines is 1. The number of anilines is 1. The lowest BCUT2D eigenvalue weighted by atomic mass is 9.90. The van der Waals surface area contributed by atoms with Gasteiger partial charge < -0.3 is 14.6 Å². The summed E-state index contributed by atoms with van der Waals surface area (Å²) in [7, 11) is 0. The largest absolute Gasteiger partial charge is 0.444 e. The summed E-state index contributed by atoms with van der Waals surface area (Å²) in [4.78, 5) is 42.6. The molecule has 2 heterocycles. The molecular weight excluding hydrogens is 449 g/mol.